The molecule has 0 unspecified atom stereocenters. The first-order valence-corrected chi connectivity index (χ1v) is 10.6. The van der Waals surface area contributed by atoms with Crippen molar-refractivity contribution in [3.05, 3.63) is 35.9 Å². The highest BCUT2D eigenvalue weighted by molar-refractivity contribution is 7.99. The Morgan fingerprint density at radius 3 is 2.50 bits per heavy atom. The van der Waals surface area contributed by atoms with Crippen LogP contribution in [0.4, 0.5) is 0 Å². The van der Waals surface area contributed by atoms with Gasteiger partial charge in [-0.05, 0) is 50.3 Å². The van der Waals surface area contributed by atoms with Crippen molar-refractivity contribution in [3.63, 3.8) is 0 Å². The third kappa shape index (κ3) is 5.52. The van der Waals surface area contributed by atoms with Crippen LogP contribution in [0.15, 0.2) is 30.3 Å². The topological polar surface area (TPSA) is 32.3 Å². The smallest absolute Gasteiger partial charge is 0.230 e. The van der Waals surface area contributed by atoms with E-state index in [0.717, 1.165) is 18.3 Å². The lowest BCUT2D eigenvalue weighted by molar-refractivity contribution is -0.118. The Hall–Kier alpha value is -1.00. The van der Waals surface area contributed by atoms with Crippen LogP contribution in [0.5, 0.6) is 0 Å². The molecule has 0 aromatic heterocycles. The molecule has 1 aliphatic heterocycles. The fourth-order valence-electron chi connectivity index (χ4n) is 3.94. The molecule has 24 heavy (non-hydrogen) atoms. The molecule has 1 heterocycles. The highest BCUT2D eigenvalue weighted by atomic mass is 32.2. The highest BCUT2D eigenvalue weighted by Crippen LogP contribution is 2.27. The van der Waals surface area contributed by atoms with Gasteiger partial charge in [0.2, 0.25) is 5.91 Å². The van der Waals surface area contributed by atoms with Crippen molar-refractivity contribution in [2.24, 2.45) is 5.92 Å². The minimum atomic E-state index is 0.189. The summed E-state index contributed by atoms with van der Waals surface area (Å²) in [5.74, 6) is 2.34. The number of piperidine rings is 1. The number of hydrogen-bond donors (Lipinski definition) is 1. The van der Waals surface area contributed by atoms with Crippen molar-refractivity contribution in [1.82, 2.24) is 10.2 Å². The van der Waals surface area contributed by atoms with E-state index in [1.807, 2.05) is 18.2 Å². The van der Waals surface area contributed by atoms with Gasteiger partial charge < -0.3 is 10.2 Å². The number of nitrogens with one attached hydrogen (secondary N) is 1. The highest BCUT2D eigenvalue weighted by Gasteiger charge is 2.27. The molecule has 0 radical (unpaired) electrons. The number of carbonyl (C=O) groups excluding carboxylic acids is 1. The van der Waals surface area contributed by atoms with Gasteiger partial charge >= 0.3 is 0 Å². The van der Waals surface area contributed by atoms with Crippen molar-refractivity contribution in [2.75, 3.05) is 25.4 Å². The average molecular weight is 347 g/mol. The zero-order valence-electron chi connectivity index (χ0n) is 14.6. The van der Waals surface area contributed by atoms with E-state index in [1.54, 1.807) is 11.8 Å². The molecule has 3 rings (SSSR count). The van der Waals surface area contributed by atoms with Crippen molar-refractivity contribution in [2.45, 2.75) is 50.3 Å². The Labute approximate surface area is 150 Å². The number of likely N-dealkylation sites (tertiary alicyclic amines) is 1. The van der Waals surface area contributed by atoms with E-state index >= 15 is 0 Å². The molecule has 1 saturated heterocycles. The molecule has 1 saturated carbocycles. The van der Waals surface area contributed by atoms with Crippen LogP contribution < -0.4 is 5.32 Å². The molecule has 1 aliphatic carbocycles. The summed E-state index contributed by atoms with van der Waals surface area (Å²) in [6, 6.07) is 11.2. The average Bonchev–Trinajstić information content (AvgIpc) is 3.16. The third-order valence-corrected chi connectivity index (χ3v) is 6.43. The van der Waals surface area contributed by atoms with Crippen molar-refractivity contribution in [3.8, 4) is 0 Å². The molecule has 0 spiro atoms. The molecule has 132 valence electrons. The molecule has 1 N–H and O–H groups in total. The quantitative estimate of drug-likeness (QED) is 0.817. The van der Waals surface area contributed by atoms with Gasteiger partial charge in [0, 0.05) is 18.3 Å². The van der Waals surface area contributed by atoms with Crippen molar-refractivity contribution in [1.29, 1.82) is 0 Å². The van der Waals surface area contributed by atoms with Crippen LogP contribution in [0, 0.1) is 5.92 Å². The Morgan fingerprint density at radius 2 is 1.79 bits per heavy atom. The Bertz CT molecular complexity index is 494. The first-order chi connectivity index (χ1) is 11.8. The van der Waals surface area contributed by atoms with E-state index in [9.17, 15) is 4.79 Å². The predicted octanol–water partition coefficient (Wildman–Crippen LogP) is 3.69. The van der Waals surface area contributed by atoms with Crippen LogP contribution in [-0.4, -0.2) is 42.2 Å². The third-order valence-electron chi connectivity index (χ3n) is 5.42. The van der Waals surface area contributed by atoms with E-state index in [-0.39, 0.29) is 5.91 Å². The summed E-state index contributed by atoms with van der Waals surface area (Å²) < 4.78 is 0. The van der Waals surface area contributed by atoms with Crippen LogP contribution in [0.2, 0.25) is 0 Å². The summed E-state index contributed by atoms with van der Waals surface area (Å²) in [7, 11) is 0. The summed E-state index contributed by atoms with van der Waals surface area (Å²) in [6.45, 7) is 3.32. The SMILES string of the molecule is O=C(CSCc1ccccc1)NCC1CCN(C2CCCC2)CC1. The zero-order chi connectivity index (χ0) is 16.6. The van der Waals surface area contributed by atoms with Crippen molar-refractivity contribution >= 4 is 17.7 Å². The molecule has 3 nitrogen and oxygen atoms in total. The van der Waals surface area contributed by atoms with Gasteiger partial charge in [0.1, 0.15) is 0 Å². The lowest BCUT2D eigenvalue weighted by Crippen LogP contribution is -2.42. The summed E-state index contributed by atoms with van der Waals surface area (Å²) in [5.41, 5.74) is 1.29. The van der Waals surface area contributed by atoms with Gasteiger partial charge in [-0.15, -0.1) is 11.8 Å². The molecule has 0 atom stereocenters. The standard InChI is InChI=1S/C20H30N2OS/c23-20(16-24-15-18-6-2-1-3-7-18)21-14-17-10-12-22(13-11-17)19-8-4-5-9-19/h1-3,6-7,17,19H,4-5,8-16H2,(H,21,23). The molecule has 0 bridgehead atoms. The normalized spacial score (nSPS) is 20.3. The van der Waals surface area contributed by atoms with E-state index in [1.165, 1.54) is 57.2 Å². The summed E-state index contributed by atoms with van der Waals surface area (Å²) in [4.78, 5) is 14.7. The van der Waals surface area contributed by atoms with E-state index in [0.29, 0.717) is 11.7 Å². The summed E-state index contributed by atoms with van der Waals surface area (Å²) in [5, 5.41) is 3.14. The van der Waals surface area contributed by atoms with Crippen LogP contribution >= 0.6 is 11.8 Å². The summed E-state index contributed by atoms with van der Waals surface area (Å²) >= 11 is 1.70. The second-order valence-corrected chi connectivity index (χ2v) is 8.19. The largest absolute Gasteiger partial charge is 0.355 e. The monoisotopic (exact) mass is 346 g/mol. The second-order valence-electron chi connectivity index (χ2n) is 7.20. The number of hydrogen-bond acceptors (Lipinski definition) is 3. The molecule has 2 fully saturated rings. The van der Waals surface area contributed by atoms with E-state index in [2.05, 4.69) is 22.3 Å². The lowest BCUT2D eigenvalue weighted by atomic mass is 9.95. The Kier molecular flexibility index (Phi) is 7.03. The summed E-state index contributed by atoms with van der Waals surface area (Å²) in [6.07, 6.45) is 8.13. The molecule has 1 aromatic rings. The number of thioether (sulfide) groups is 1. The van der Waals surface area contributed by atoms with E-state index in [4.69, 9.17) is 0 Å². The number of rotatable bonds is 7. The fourth-order valence-corrected chi connectivity index (χ4v) is 4.75. The van der Waals surface area contributed by atoms with Gasteiger partial charge in [-0.1, -0.05) is 43.2 Å². The Morgan fingerprint density at radius 1 is 1.08 bits per heavy atom. The van der Waals surface area contributed by atoms with Crippen LogP contribution in [0.25, 0.3) is 0 Å². The number of amides is 1. The molecule has 1 aromatic carbocycles. The predicted molar refractivity (Wildman–Crippen MR) is 102 cm³/mol. The van der Waals surface area contributed by atoms with Gasteiger partial charge in [-0.3, -0.25) is 4.79 Å². The van der Waals surface area contributed by atoms with E-state index < -0.39 is 0 Å². The van der Waals surface area contributed by atoms with Crippen LogP contribution in [-0.2, 0) is 10.5 Å². The first kappa shape index (κ1) is 17.8. The van der Waals surface area contributed by atoms with Gasteiger partial charge in [-0.2, -0.15) is 0 Å². The van der Waals surface area contributed by atoms with Crippen LogP contribution in [0.3, 0.4) is 0 Å². The maximum Gasteiger partial charge on any atom is 0.230 e. The van der Waals surface area contributed by atoms with Gasteiger partial charge in [0.05, 0.1) is 5.75 Å². The zero-order valence-corrected chi connectivity index (χ0v) is 15.4. The molecule has 2 aliphatic rings. The van der Waals surface area contributed by atoms with Gasteiger partial charge in [-0.25, -0.2) is 0 Å². The number of benzene rings is 1. The minimum absolute atomic E-state index is 0.189. The maximum atomic E-state index is 12.0. The van der Waals surface area contributed by atoms with Crippen molar-refractivity contribution < 1.29 is 4.79 Å². The second kappa shape index (κ2) is 9.47. The van der Waals surface area contributed by atoms with Crippen LogP contribution in [0.1, 0.15) is 44.1 Å². The first-order valence-electron chi connectivity index (χ1n) is 9.43. The maximum absolute atomic E-state index is 12.0. The lowest BCUT2D eigenvalue weighted by Gasteiger charge is -2.36. The van der Waals surface area contributed by atoms with Gasteiger partial charge in [0.25, 0.3) is 0 Å². The Balaban J connectivity index is 1.27. The molecular formula is C20H30N2OS. The molecule has 1 amide bonds. The fraction of sp³-hybridized carbons (Fsp3) is 0.650. The number of carbonyl (C=O) groups is 1. The number of nitrogens with zero attached hydrogens (tertiary/aromatic N) is 1. The minimum Gasteiger partial charge on any atom is -0.355 e. The van der Waals surface area contributed by atoms with Gasteiger partial charge in [0.15, 0.2) is 0 Å². The molecular weight excluding hydrogens is 316 g/mol. The molecule has 4 heteroatoms.